The number of nitrogens with one attached hydrogen (secondary N) is 1. The second-order valence-electron chi connectivity index (χ2n) is 18.7. The third kappa shape index (κ3) is 11.8. The minimum atomic E-state index is 0. The molecule has 0 aliphatic carbocycles. The minimum absolute atomic E-state index is 0. The van der Waals surface area contributed by atoms with Crippen LogP contribution in [0, 0.1) is 10.8 Å². The van der Waals surface area contributed by atoms with Gasteiger partial charge in [-0.25, -0.2) is 4.99 Å². The van der Waals surface area contributed by atoms with Crippen LogP contribution in [0.2, 0.25) is 0 Å². The summed E-state index contributed by atoms with van der Waals surface area (Å²) in [4.78, 5) is 17.0. The Kier molecular flexibility index (Phi) is 12.5. The van der Waals surface area contributed by atoms with E-state index in [1.54, 1.807) is 0 Å². The van der Waals surface area contributed by atoms with Gasteiger partial charge in [-0.2, -0.15) is 0 Å². The first-order valence-electron chi connectivity index (χ1n) is 16.3. The van der Waals surface area contributed by atoms with Gasteiger partial charge >= 0.3 is 0 Å². The molecule has 1 aliphatic heterocycles. The Bertz CT molecular complexity index is 1380. The Balaban J connectivity index is 0.000000338. The molecular formula is C41H68N4. The second kappa shape index (κ2) is 13.9. The molecular weight excluding hydrogens is 548 g/mol. The van der Waals surface area contributed by atoms with Gasteiger partial charge in [0.05, 0.1) is 6.04 Å². The van der Waals surface area contributed by atoms with Crippen LogP contribution in [0.25, 0.3) is 10.9 Å². The third-order valence-electron chi connectivity index (χ3n) is 7.85. The summed E-state index contributed by atoms with van der Waals surface area (Å²) in [6.07, 6.45) is 3.97. The van der Waals surface area contributed by atoms with Crippen molar-refractivity contribution in [3.63, 3.8) is 0 Å². The maximum Gasteiger partial charge on any atom is 0.128 e. The van der Waals surface area contributed by atoms with Gasteiger partial charge in [0.2, 0.25) is 0 Å². The Morgan fingerprint density at radius 3 is 1.47 bits per heavy atom. The summed E-state index contributed by atoms with van der Waals surface area (Å²) in [6, 6.07) is 13.6. The lowest BCUT2D eigenvalue weighted by Gasteiger charge is -2.22. The van der Waals surface area contributed by atoms with Crippen molar-refractivity contribution in [2.75, 3.05) is 0 Å². The highest BCUT2D eigenvalue weighted by Crippen LogP contribution is 2.31. The number of pyridine rings is 1. The zero-order valence-corrected chi connectivity index (χ0v) is 31.5. The highest BCUT2D eigenvalue weighted by molar-refractivity contribution is 5.99. The first-order chi connectivity index (χ1) is 19.6. The number of benzene rings is 1. The molecule has 0 bridgehead atoms. The number of hydrogen-bond acceptors (Lipinski definition) is 3. The van der Waals surface area contributed by atoms with Gasteiger partial charge in [0.1, 0.15) is 5.84 Å². The van der Waals surface area contributed by atoms with Gasteiger partial charge in [0.15, 0.2) is 0 Å². The summed E-state index contributed by atoms with van der Waals surface area (Å²) in [6.45, 7) is 39.7. The highest BCUT2D eigenvalue weighted by Gasteiger charge is 2.30. The summed E-state index contributed by atoms with van der Waals surface area (Å²) >= 11 is 0. The Hall–Kier alpha value is -2.75. The summed E-state index contributed by atoms with van der Waals surface area (Å²) in [7, 11) is 0. The largest absolute Gasteiger partial charge is 0.358 e. The highest BCUT2D eigenvalue weighted by atomic mass is 15.0. The monoisotopic (exact) mass is 617 g/mol. The van der Waals surface area contributed by atoms with Crippen LogP contribution in [-0.4, -0.2) is 28.1 Å². The smallest absolute Gasteiger partial charge is 0.128 e. The van der Waals surface area contributed by atoms with Crippen LogP contribution in [0.3, 0.4) is 0 Å². The number of H-pyrrole nitrogens is 1. The number of amidine groups is 1. The molecule has 0 fully saturated rings. The predicted molar refractivity (Wildman–Crippen MR) is 203 cm³/mol. The first-order valence-corrected chi connectivity index (χ1v) is 16.3. The summed E-state index contributed by atoms with van der Waals surface area (Å²) < 4.78 is 0. The molecule has 0 spiro atoms. The van der Waals surface area contributed by atoms with Gasteiger partial charge in [0, 0.05) is 45.6 Å². The molecule has 0 amide bonds. The third-order valence-corrected chi connectivity index (χ3v) is 7.85. The van der Waals surface area contributed by atoms with Crippen LogP contribution in [0.1, 0.15) is 155 Å². The van der Waals surface area contributed by atoms with Crippen LogP contribution >= 0.6 is 0 Å². The Morgan fingerprint density at radius 1 is 0.578 bits per heavy atom. The molecule has 3 aromatic rings. The van der Waals surface area contributed by atoms with E-state index in [1.165, 1.54) is 27.7 Å². The topological polar surface area (TPSA) is 53.4 Å². The van der Waals surface area contributed by atoms with Crippen molar-refractivity contribution in [1.82, 2.24) is 9.97 Å². The fourth-order valence-corrected chi connectivity index (χ4v) is 4.43. The van der Waals surface area contributed by atoms with E-state index in [0.717, 1.165) is 11.5 Å². The van der Waals surface area contributed by atoms with Gasteiger partial charge in [-0.05, 0) is 57.0 Å². The number of fused-ring (bicyclic) bond motifs is 1. The zero-order valence-electron chi connectivity index (χ0n) is 31.5. The molecule has 4 rings (SSSR count). The maximum absolute atomic E-state index is 4.62. The van der Waals surface area contributed by atoms with E-state index in [4.69, 9.17) is 0 Å². The lowest BCUT2D eigenvalue weighted by Crippen LogP contribution is -2.25. The molecule has 2 aromatic heterocycles. The Labute approximate surface area is 278 Å². The molecule has 0 saturated heterocycles. The fraction of sp³-hybridized carbons (Fsp3) is 0.634. The molecule has 0 radical (unpaired) electrons. The number of hydrogen-bond donors (Lipinski definition) is 1. The van der Waals surface area contributed by atoms with Crippen LogP contribution in [0.4, 0.5) is 0 Å². The molecule has 1 unspecified atom stereocenters. The van der Waals surface area contributed by atoms with Gasteiger partial charge in [-0.3, -0.25) is 9.98 Å². The summed E-state index contributed by atoms with van der Waals surface area (Å²) in [5.74, 6) is 0.979. The maximum atomic E-state index is 4.62. The van der Waals surface area contributed by atoms with Crippen LogP contribution in [0.5, 0.6) is 0 Å². The van der Waals surface area contributed by atoms with Crippen molar-refractivity contribution in [2.24, 2.45) is 20.8 Å². The predicted octanol–water partition coefficient (Wildman–Crippen LogP) is 12.0. The zero-order chi connectivity index (χ0) is 34.1. The first kappa shape index (κ1) is 40.3. The fourth-order valence-electron chi connectivity index (χ4n) is 4.43. The molecule has 45 heavy (non-hydrogen) atoms. The molecule has 1 aliphatic rings. The van der Waals surface area contributed by atoms with E-state index >= 15 is 0 Å². The van der Waals surface area contributed by atoms with Crippen molar-refractivity contribution in [1.29, 1.82) is 0 Å². The Morgan fingerprint density at radius 2 is 1.11 bits per heavy atom. The quantitative estimate of drug-likeness (QED) is 0.268. The van der Waals surface area contributed by atoms with Crippen molar-refractivity contribution in [3.8, 4) is 0 Å². The molecule has 1 aromatic carbocycles. The van der Waals surface area contributed by atoms with Gasteiger partial charge in [-0.1, -0.05) is 144 Å². The van der Waals surface area contributed by atoms with Crippen molar-refractivity contribution in [2.45, 2.75) is 160 Å². The van der Waals surface area contributed by atoms with E-state index < -0.39 is 0 Å². The molecule has 3 heterocycles. The SMILES string of the molecule is C.CC(C)(C)C1=NC(C(C)(C)C)C=N1.CC(C)(C)c1ccc(C(C)(C)C)nc1.CC(C)(C)c1ccc2[nH]c(C(C)(C)C)cc2c1. The molecule has 0 saturated carbocycles. The van der Waals surface area contributed by atoms with Gasteiger partial charge in [-0.15, -0.1) is 0 Å². The number of nitrogens with zero attached hydrogens (tertiary/aromatic N) is 3. The van der Waals surface area contributed by atoms with Crippen molar-refractivity contribution < 1.29 is 0 Å². The lowest BCUT2D eigenvalue weighted by molar-refractivity contribution is 0.389. The van der Waals surface area contributed by atoms with Crippen LogP contribution in [-0.2, 0) is 21.7 Å². The van der Waals surface area contributed by atoms with Crippen LogP contribution < -0.4 is 0 Å². The van der Waals surface area contributed by atoms with Crippen molar-refractivity contribution >= 4 is 23.0 Å². The molecule has 1 N–H and O–H groups in total. The van der Waals surface area contributed by atoms with E-state index in [1.807, 2.05) is 12.4 Å². The second-order valence-corrected chi connectivity index (χ2v) is 18.7. The van der Waals surface area contributed by atoms with E-state index in [9.17, 15) is 0 Å². The van der Waals surface area contributed by atoms with Crippen LogP contribution in [0.15, 0.2) is 52.6 Å². The number of aliphatic imine (C=N–C) groups is 2. The summed E-state index contributed by atoms with van der Waals surface area (Å²) in [5.41, 5.74) is 7.41. The van der Waals surface area contributed by atoms with Gasteiger partial charge in [0.25, 0.3) is 0 Å². The number of aromatic amines is 1. The lowest BCUT2D eigenvalue weighted by atomic mass is 9.86. The number of rotatable bonds is 0. The summed E-state index contributed by atoms with van der Waals surface area (Å²) in [5, 5.41) is 1.32. The molecule has 252 valence electrons. The molecule has 4 nitrogen and oxygen atoms in total. The normalized spacial score (nSPS) is 15.9. The average Bonchev–Trinajstić information content (AvgIpc) is 3.51. The molecule has 1 atom stereocenters. The average molecular weight is 617 g/mol. The molecule has 4 heteroatoms. The minimum Gasteiger partial charge on any atom is -0.358 e. The standard InChI is InChI=1S/C16H23N.C13H21N.C11H20N2.CH4/c1-15(2,3)12-7-8-13-11(9-12)10-14(17-13)16(4,5)6;1-12(2,3)10-7-8-11(14-9-10)13(4,5)6;1-10(2,3)8-7-12-9(13-8)11(4,5)6;/h7-10,17H,1-6H3;7-9H,1-6H3;7-8H,1-6H3;1H4. The van der Waals surface area contributed by atoms with E-state index in [0.29, 0.717) is 0 Å². The van der Waals surface area contributed by atoms with E-state index in [2.05, 4.69) is 181 Å². The number of aromatic nitrogens is 2. The van der Waals surface area contributed by atoms with Crippen molar-refractivity contribution in [3.05, 3.63) is 65.1 Å². The van der Waals surface area contributed by atoms with E-state index in [-0.39, 0.29) is 46.0 Å². The van der Waals surface area contributed by atoms with Gasteiger partial charge < -0.3 is 4.98 Å².